The number of ether oxygens (including phenoxy) is 1. The van der Waals surface area contributed by atoms with E-state index in [2.05, 4.69) is 31.2 Å². The molecule has 3 nitrogen and oxygen atoms in total. The van der Waals surface area contributed by atoms with E-state index >= 15 is 0 Å². The van der Waals surface area contributed by atoms with Gasteiger partial charge in [-0.3, -0.25) is 4.79 Å². The Bertz CT molecular complexity index is 1080. The van der Waals surface area contributed by atoms with Crippen LogP contribution < -0.4 is 0 Å². The van der Waals surface area contributed by atoms with Gasteiger partial charge in [0.2, 0.25) is 0 Å². The summed E-state index contributed by atoms with van der Waals surface area (Å²) >= 11 is 6.05. The highest BCUT2D eigenvalue weighted by Crippen LogP contribution is 2.57. The quantitative estimate of drug-likeness (QED) is 0.615. The molecule has 2 aromatic rings. The van der Waals surface area contributed by atoms with Crippen LogP contribution in [0.2, 0.25) is 5.02 Å². The number of Topliss-reactive ketones (excluding diaryl/α,β-unsaturated/α-hetero) is 1. The first-order chi connectivity index (χ1) is 14.5. The summed E-state index contributed by atoms with van der Waals surface area (Å²) in [4.78, 5) is 13.7. The van der Waals surface area contributed by atoms with Gasteiger partial charge in [-0.05, 0) is 65.6 Å². The molecule has 4 heteroatoms. The predicted molar refractivity (Wildman–Crippen MR) is 119 cm³/mol. The van der Waals surface area contributed by atoms with Gasteiger partial charge in [0.25, 0.3) is 0 Å². The first-order valence-corrected chi connectivity index (χ1v) is 11.0. The van der Waals surface area contributed by atoms with Crippen molar-refractivity contribution in [3.05, 3.63) is 76.5 Å². The highest BCUT2D eigenvalue weighted by molar-refractivity contribution is 6.30. The molecule has 6 rings (SSSR count). The number of aryl methyl sites for hydroxylation is 1. The second-order valence-electron chi connectivity index (χ2n) is 8.58. The molecule has 4 unspecified atom stereocenters. The van der Waals surface area contributed by atoms with Crippen LogP contribution in [-0.4, -0.2) is 23.6 Å². The highest BCUT2D eigenvalue weighted by atomic mass is 35.5. The van der Waals surface area contributed by atoms with E-state index in [9.17, 15) is 9.90 Å². The number of ketones is 1. The number of carbonyl (C=O) groups excluding carboxylic acids is 1. The molecular formula is C26H25ClO3. The van der Waals surface area contributed by atoms with Crippen molar-refractivity contribution in [3.8, 4) is 11.1 Å². The van der Waals surface area contributed by atoms with E-state index in [1.54, 1.807) is 7.11 Å². The summed E-state index contributed by atoms with van der Waals surface area (Å²) < 4.78 is 5.89. The molecule has 0 spiro atoms. The van der Waals surface area contributed by atoms with Crippen LogP contribution >= 0.6 is 11.6 Å². The van der Waals surface area contributed by atoms with Crippen molar-refractivity contribution in [3.63, 3.8) is 0 Å². The molecule has 0 amide bonds. The Kier molecular flexibility index (Phi) is 4.64. The summed E-state index contributed by atoms with van der Waals surface area (Å²) in [5.74, 6) is -0.0852. The average molecular weight is 421 g/mol. The van der Waals surface area contributed by atoms with Gasteiger partial charge in [0.15, 0.2) is 5.78 Å². The zero-order valence-electron chi connectivity index (χ0n) is 17.2. The lowest BCUT2D eigenvalue weighted by atomic mass is 9.60. The maximum atomic E-state index is 13.7. The van der Waals surface area contributed by atoms with Crippen LogP contribution in [-0.2, 0) is 16.0 Å². The topological polar surface area (TPSA) is 46.5 Å². The highest BCUT2D eigenvalue weighted by Gasteiger charge is 2.60. The first kappa shape index (κ1) is 19.6. The van der Waals surface area contributed by atoms with E-state index in [-0.39, 0.29) is 29.3 Å². The summed E-state index contributed by atoms with van der Waals surface area (Å²) in [6, 6.07) is 13.8. The van der Waals surface area contributed by atoms with Crippen molar-refractivity contribution in [1.29, 1.82) is 0 Å². The van der Waals surface area contributed by atoms with Crippen LogP contribution in [0.3, 0.4) is 0 Å². The van der Waals surface area contributed by atoms with Crippen LogP contribution in [0.15, 0.2) is 60.4 Å². The van der Waals surface area contributed by atoms with Crippen LogP contribution in [0, 0.1) is 17.8 Å². The Labute approximate surface area is 182 Å². The lowest BCUT2D eigenvalue weighted by molar-refractivity contribution is -0.135. The molecule has 0 radical (unpaired) electrons. The van der Waals surface area contributed by atoms with Crippen molar-refractivity contribution in [2.75, 3.05) is 7.11 Å². The van der Waals surface area contributed by atoms with Crippen LogP contribution in [0.5, 0.6) is 0 Å². The fraction of sp³-hybridized carbons (Fsp3) is 0.346. The number of aliphatic hydroxyl groups is 1. The normalized spacial score (nSPS) is 29.6. The maximum Gasteiger partial charge on any atom is 0.173 e. The van der Waals surface area contributed by atoms with Gasteiger partial charge in [0.05, 0.1) is 17.1 Å². The van der Waals surface area contributed by atoms with E-state index in [0.29, 0.717) is 10.6 Å². The zero-order valence-corrected chi connectivity index (χ0v) is 17.9. The molecule has 0 heterocycles. The Balaban J connectivity index is 1.64. The smallest absolute Gasteiger partial charge is 0.173 e. The minimum Gasteiger partial charge on any atom is -0.511 e. The van der Waals surface area contributed by atoms with Gasteiger partial charge >= 0.3 is 0 Å². The van der Waals surface area contributed by atoms with Gasteiger partial charge in [-0.15, -0.1) is 0 Å². The molecule has 4 aliphatic rings. The van der Waals surface area contributed by atoms with E-state index in [1.165, 1.54) is 0 Å². The van der Waals surface area contributed by atoms with Crippen molar-refractivity contribution >= 4 is 23.0 Å². The van der Waals surface area contributed by atoms with E-state index in [1.807, 2.05) is 30.3 Å². The van der Waals surface area contributed by atoms with E-state index < -0.39 is 5.60 Å². The molecule has 0 aliphatic heterocycles. The first-order valence-electron chi connectivity index (χ1n) is 10.6. The number of halogens is 1. The maximum absolute atomic E-state index is 13.7. The van der Waals surface area contributed by atoms with Crippen LogP contribution in [0.1, 0.15) is 30.9 Å². The van der Waals surface area contributed by atoms with Gasteiger partial charge < -0.3 is 9.84 Å². The number of hydrogen-bond acceptors (Lipinski definition) is 3. The SMILES string of the molecule is CCc1ccc(-c2ccc(Cl)cc2)cc1C1=C(O)C2C3C=CC(OC)(CC3)C2C1=O. The van der Waals surface area contributed by atoms with E-state index in [4.69, 9.17) is 16.3 Å². The molecule has 1 saturated carbocycles. The lowest BCUT2D eigenvalue weighted by Crippen LogP contribution is -2.52. The number of aliphatic hydroxyl groups excluding tert-OH is 1. The molecule has 0 aromatic heterocycles. The Morgan fingerprint density at radius 1 is 1.17 bits per heavy atom. The third kappa shape index (κ3) is 2.72. The van der Waals surface area contributed by atoms with Gasteiger partial charge in [-0.2, -0.15) is 0 Å². The number of methoxy groups -OCH3 is 1. The summed E-state index contributed by atoms with van der Waals surface area (Å²) in [6.45, 7) is 2.08. The van der Waals surface area contributed by atoms with Gasteiger partial charge in [-0.25, -0.2) is 0 Å². The Morgan fingerprint density at radius 2 is 1.90 bits per heavy atom. The van der Waals surface area contributed by atoms with E-state index in [0.717, 1.165) is 41.5 Å². The van der Waals surface area contributed by atoms with Gasteiger partial charge in [-0.1, -0.05) is 54.9 Å². The average Bonchev–Trinajstić information content (AvgIpc) is 3.07. The predicted octanol–water partition coefficient (Wildman–Crippen LogP) is 6.02. The molecule has 0 saturated heterocycles. The molecular weight excluding hydrogens is 396 g/mol. The van der Waals surface area contributed by atoms with Gasteiger partial charge in [0.1, 0.15) is 5.76 Å². The Hall–Kier alpha value is -2.36. The third-order valence-corrected chi connectivity index (χ3v) is 7.51. The molecule has 1 N–H and O–H groups in total. The molecule has 2 aromatic carbocycles. The minimum atomic E-state index is -0.605. The number of rotatable bonds is 4. The zero-order chi connectivity index (χ0) is 21.0. The van der Waals surface area contributed by atoms with Gasteiger partial charge in [0, 0.05) is 18.1 Å². The standard InChI is InChI=1S/C26H25ClO3/c1-3-15-4-5-18(16-6-8-19(27)9-7-16)14-20(15)22-24(28)21-17-10-12-26(30-2,13-11-17)23(21)25(22)29/h4-10,12,14,17,21,23,28H,3,11,13H2,1-2H3. The summed E-state index contributed by atoms with van der Waals surface area (Å²) in [6.07, 6.45) is 6.73. The molecule has 154 valence electrons. The monoisotopic (exact) mass is 420 g/mol. The number of carbonyl (C=O) groups is 1. The number of fused-ring (bicyclic) bond motifs is 1. The lowest BCUT2D eigenvalue weighted by Gasteiger charge is -2.48. The second kappa shape index (κ2) is 7.11. The minimum absolute atomic E-state index is 0.0105. The number of allylic oxidation sites excluding steroid dienone is 3. The third-order valence-electron chi connectivity index (χ3n) is 7.26. The molecule has 4 aliphatic carbocycles. The fourth-order valence-corrected chi connectivity index (χ4v) is 5.80. The van der Waals surface area contributed by atoms with Crippen molar-refractivity contribution < 1.29 is 14.6 Å². The molecule has 2 bridgehead atoms. The Morgan fingerprint density at radius 3 is 2.53 bits per heavy atom. The fourth-order valence-electron chi connectivity index (χ4n) is 5.67. The number of benzene rings is 2. The second-order valence-corrected chi connectivity index (χ2v) is 9.02. The summed E-state index contributed by atoms with van der Waals surface area (Å²) in [5, 5.41) is 12.0. The molecule has 4 atom stereocenters. The van der Waals surface area contributed by atoms with Crippen molar-refractivity contribution in [2.45, 2.75) is 31.8 Å². The molecule has 1 fully saturated rings. The summed E-state index contributed by atoms with van der Waals surface area (Å²) in [5.41, 5.74) is 3.81. The summed E-state index contributed by atoms with van der Waals surface area (Å²) in [7, 11) is 1.67. The van der Waals surface area contributed by atoms with Crippen LogP contribution in [0.25, 0.3) is 16.7 Å². The van der Waals surface area contributed by atoms with Crippen molar-refractivity contribution in [2.24, 2.45) is 17.8 Å². The van der Waals surface area contributed by atoms with Crippen LogP contribution in [0.4, 0.5) is 0 Å². The number of hydrogen-bond donors (Lipinski definition) is 1. The largest absolute Gasteiger partial charge is 0.511 e. The van der Waals surface area contributed by atoms with Crippen molar-refractivity contribution in [1.82, 2.24) is 0 Å². The molecule has 30 heavy (non-hydrogen) atoms.